The van der Waals surface area contributed by atoms with Crippen LogP contribution in [0.3, 0.4) is 0 Å². The van der Waals surface area contributed by atoms with Crippen molar-refractivity contribution in [1.82, 2.24) is 5.32 Å². The SMILES string of the molecule is CC(=O)c1c(O)c(C)c(O)c2c1OC1=CC(=O)C(=C(C)NC3CC3)C(=O)C12C. The van der Waals surface area contributed by atoms with E-state index in [2.05, 4.69) is 5.32 Å². The van der Waals surface area contributed by atoms with Crippen molar-refractivity contribution in [1.29, 1.82) is 0 Å². The summed E-state index contributed by atoms with van der Waals surface area (Å²) >= 11 is 0. The van der Waals surface area contributed by atoms with Gasteiger partial charge in [0.15, 0.2) is 17.3 Å². The monoisotopic (exact) mass is 383 g/mol. The van der Waals surface area contributed by atoms with Crippen LogP contribution in [0, 0.1) is 6.92 Å². The molecular weight excluding hydrogens is 362 g/mol. The zero-order valence-corrected chi connectivity index (χ0v) is 16.1. The fraction of sp³-hybridized carbons (Fsp3) is 0.381. The average Bonchev–Trinajstić information content (AvgIpc) is 3.36. The summed E-state index contributed by atoms with van der Waals surface area (Å²) in [5, 5.41) is 24.3. The number of ketones is 3. The number of Topliss-reactive ketones (excluding diaryl/α,β-unsaturated/α-hetero) is 2. The molecular formula is C21H21NO6. The Balaban J connectivity index is 1.98. The van der Waals surface area contributed by atoms with Gasteiger partial charge in [0.2, 0.25) is 0 Å². The van der Waals surface area contributed by atoms with Gasteiger partial charge < -0.3 is 20.3 Å². The highest BCUT2D eigenvalue weighted by Crippen LogP contribution is 2.57. The smallest absolute Gasteiger partial charge is 0.194 e. The van der Waals surface area contributed by atoms with Crippen LogP contribution in [0.1, 0.15) is 55.1 Å². The zero-order chi connectivity index (χ0) is 20.5. The van der Waals surface area contributed by atoms with Gasteiger partial charge in [-0.2, -0.15) is 0 Å². The maximum absolute atomic E-state index is 13.5. The van der Waals surface area contributed by atoms with Gasteiger partial charge in [-0.05, 0) is 40.5 Å². The topological polar surface area (TPSA) is 113 Å². The number of aromatic hydroxyl groups is 2. The quantitative estimate of drug-likeness (QED) is 0.417. The number of nitrogens with one attached hydrogen (secondary N) is 1. The molecule has 0 bridgehead atoms. The number of phenols is 2. The minimum atomic E-state index is -1.46. The van der Waals surface area contributed by atoms with E-state index in [1.54, 1.807) is 13.8 Å². The van der Waals surface area contributed by atoms with E-state index >= 15 is 0 Å². The second-order valence-electron chi connectivity index (χ2n) is 7.81. The van der Waals surface area contributed by atoms with E-state index < -0.39 is 28.5 Å². The van der Waals surface area contributed by atoms with E-state index in [1.165, 1.54) is 19.9 Å². The number of hydrogen-bond donors (Lipinski definition) is 3. The van der Waals surface area contributed by atoms with Crippen LogP contribution in [-0.4, -0.2) is 33.6 Å². The lowest BCUT2D eigenvalue weighted by Gasteiger charge is -2.29. The molecule has 1 atom stereocenters. The highest BCUT2D eigenvalue weighted by molar-refractivity contribution is 6.31. The molecule has 1 aliphatic heterocycles. The molecule has 146 valence electrons. The van der Waals surface area contributed by atoms with Crippen molar-refractivity contribution in [2.24, 2.45) is 0 Å². The second kappa shape index (κ2) is 5.70. The number of rotatable bonds is 3. The molecule has 4 rings (SSSR count). The van der Waals surface area contributed by atoms with Gasteiger partial charge in [0.1, 0.15) is 34.0 Å². The molecule has 0 radical (unpaired) electrons. The Morgan fingerprint density at radius 1 is 1.21 bits per heavy atom. The number of hydrogen-bond acceptors (Lipinski definition) is 7. The van der Waals surface area contributed by atoms with Crippen molar-refractivity contribution in [3.8, 4) is 17.2 Å². The third-order valence-corrected chi connectivity index (χ3v) is 5.76. The number of fused-ring (bicyclic) bond motifs is 3. The number of ether oxygens (including phenoxy) is 1. The summed E-state index contributed by atoms with van der Waals surface area (Å²) < 4.78 is 5.72. The molecule has 2 aliphatic carbocycles. The van der Waals surface area contributed by atoms with Gasteiger partial charge in [-0.15, -0.1) is 0 Å². The molecule has 1 heterocycles. The summed E-state index contributed by atoms with van der Waals surface area (Å²) in [6.45, 7) is 5.96. The summed E-state index contributed by atoms with van der Waals surface area (Å²) in [5.74, 6) is -2.21. The molecule has 0 amide bonds. The average molecular weight is 383 g/mol. The van der Waals surface area contributed by atoms with Crippen molar-refractivity contribution < 1.29 is 29.3 Å². The lowest BCUT2D eigenvalue weighted by Crippen LogP contribution is -2.41. The minimum Gasteiger partial charge on any atom is -0.507 e. The Hall–Kier alpha value is -3.09. The Labute approximate surface area is 161 Å². The summed E-state index contributed by atoms with van der Waals surface area (Å²) in [5.41, 5.74) is -0.877. The van der Waals surface area contributed by atoms with Crippen LogP contribution in [0.15, 0.2) is 23.1 Å². The van der Waals surface area contributed by atoms with Gasteiger partial charge >= 0.3 is 0 Å². The van der Waals surface area contributed by atoms with Gasteiger partial charge in [-0.25, -0.2) is 0 Å². The molecule has 1 fully saturated rings. The molecule has 1 unspecified atom stereocenters. The van der Waals surface area contributed by atoms with E-state index in [4.69, 9.17) is 4.74 Å². The molecule has 3 N–H and O–H groups in total. The van der Waals surface area contributed by atoms with Crippen molar-refractivity contribution in [2.75, 3.05) is 0 Å². The molecule has 3 aliphatic rings. The van der Waals surface area contributed by atoms with E-state index in [0.717, 1.165) is 12.8 Å². The molecule has 1 aromatic rings. The van der Waals surface area contributed by atoms with Crippen LogP contribution < -0.4 is 10.1 Å². The maximum Gasteiger partial charge on any atom is 0.194 e. The first-order valence-corrected chi connectivity index (χ1v) is 9.15. The van der Waals surface area contributed by atoms with Crippen molar-refractivity contribution in [3.63, 3.8) is 0 Å². The van der Waals surface area contributed by atoms with Gasteiger partial charge in [-0.3, -0.25) is 14.4 Å². The van der Waals surface area contributed by atoms with E-state index in [0.29, 0.717) is 5.70 Å². The third-order valence-electron chi connectivity index (χ3n) is 5.76. The standard InChI is InChI=1S/C21H21NO6/c1-8-17(25)15(10(3)23)19-16(18(8)26)21(4)13(28-19)7-12(24)14(20(21)27)9(2)22-11-5-6-11/h7,11,22,25-26H,5-6H2,1-4H3. The molecule has 7 nitrogen and oxygen atoms in total. The van der Waals surface area contributed by atoms with Crippen LogP contribution in [0.5, 0.6) is 17.2 Å². The van der Waals surface area contributed by atoms with Crippen molar-refractivity contribution in [2.45, 2.75) is 52.0 Å². The van der Waals surface area contributed by atoms with Crippen LogP contribution in [-0.2, 0) is 15.0 Å². The molecule has 7 heteroatoms. The number of carbonyl (C=O) groups is 3. The molecule has 0 spiro atoms. The molecule has 28 heavy (non-hydrogen) atoms. The fourth-order valence-electron chi connectivity index (χ4n) is 3.97. The first kappa shape index (κ1) is 18.3. The highest BCUT2D eigenvalue weighted by atomic mass is 16.5. The first-order chi connectivity index (χ1) is 13.1. The Bertz CT molecular complexity index is 1040. The Morgan fingerprint density at radius 2 is 1.86 bits per heavy atom. The number of benzene rings is 1. The third kappa shape index (κ3) is 2.25. The first-order valence-electron chi connectivity index (χ1n) is 9.15. The molecule has 1 aromatic carbocycles. The lowest BCUT2D eigenvalue weighted by atomic mass is 9.70. The molecule has 0 aromatic heterocycles. The summed E-state index contributed by atoms with van der Waals surface area (Å²) in [7, 11) is 0. The highest BCUT2D eigenvalue weighted by Gasteiger charge is 2.56. The maximum atomic E-state index is 13.5. The van der Waals surface area contributed by atoms with E-state index in [-0.39, 0.29) is 45.6 Å². The van der Waals surface area contributed by atoms with Gasteiger partial charge in [-0.1, -0.05) is 0 Å². The Kier molecular flexibility index (Phi) is 3.72. The van der Waals surface area contributed by atoms with Crippen LogP contribution >= 0.6 is 0 Å². The summed E-state index contributed by atoms with van der Waals surface area (Å²) in [6.07, 6.45) is 3.20. The minimum absolute atomic E-state index is 0.0177. The van der Waals surface area contributed by atoms with Crippen molar-refractivity contribution >= 4 is 17.3 Å². The summed E-state index contributed by atoms with van der Waals surface area (Å²) in [4.78, 5) is 38.3. The van der Waals surface area contributed by atoms with E-state index in [9.17, 15) is 24.6 Å². The fourth-order valence-corrected chi connectivity index (χ4v) is 3.97. The van der Waals surface area contributed by atoms with Gasteiger partial charge in [0.05, 0.1) is 11.1 Å². The van der Waals surface area contributed by atoms with Crippen molar-refractivity contribution in [3.05, 3.63) is 39.8 Å². The molecule has 1 saturated carbocycles. The molecule has 0 saturated heterocycles. The largest absolute Gasteiger partial charge is 0.507 e. The van der Waals surface area contributed by atoms with Crippen LogP contribution in [0.2, 0.25) is 0 Å². The van der Waals surface area contributed by atoms with Gasteiger partial charge in [0, 0.05) is 23.4 Å². The van der Waals surface area contributed by atoms with Gasteiger partial charge in [0.25, 0.3) is 0 Å². The van der Waals surface area contributed by atoms with Crippen LogP contribution in [0.4, 0.5) is 0 Å². The van der Waals surface area contributed by atoms with E-state index in [1.807, 2.05) is 0 Å². The second-order valence-corrected chi connectivity index (χ2v) is 7.81. The van der Waals surface area contributed by atoms with Crippen LogP contribution in [0.25, 0.3) is 0 Å². The zero-order valence-electron chi connectivity index (χ0n) is 16.1. The normalized spacial score (nSPS) is 24.9. The summed E-state index contributed by atoms with van der Waals surface area (Å²) in [6, 6.07) is 0.260. The Morgan fingerprint density at radius 3 is 2.43 bits per heavy atom. The number of carbonyl (C=O) groups excluding carboxylic acids is 3. The predicted octanol–water partition coefficient (Wildman–Crippen LogP) is 2.32. The number of phenolic OH excluding ortho intramolecular Hbond substituents is 2. The predicted molar refractivity (Wildman–Crippen MR) is 99.4 cm³/mol. The lowest BCUT2D eigenvalue weighted by molar-refractivity contribution is -0.123. The number of allylic oxidation sites excluding steroid dienone is 4.